The highest BCUT2D eigenvalue weighted by Crippen LogP contribution is 2.31. The number of hydrogen-bond donors (Lipinski definition) is 2. The van der Waals surface area contributed by atoms with Gasteiger partial charge in [-0.2, -0.15) is 8.78 Å². The average molecular weight is 334 g/mol. The van der Waals surface area contributed by atoms with Crippen molar-refractivity contribution in [1.82, 2.24) is 14.8 Å². The summed E-state index contributed by atoms with van der Waals surface area (Å²) >= 11 is 0. The third-order valence-corrected chi connectivity index (χ3v) is 3.33. The number of rotatable bonds is 4. The van der Waals surface area contributed by atoms with Crippen molar-refractivity contribution in [1.29, 1.82) is 0 Å². The number of pyridine rings is 1. The molecular formula is C15H12F2N4O3. The molecule has 7 nitrogen and oxygen atoms in total. The summed E-state index contributed by atoms with van der Waals surface area (Å²) in [7, 11) is 1.52. The van der Waals surface area contributed by atoms with Gasteiger partial charge in [0.1, 0.15) is 11.4 Å². The second-order valence-electron chi connectivity index (χ2n) is 4.91. The summed E-state index contributed by atoms with van der Waals surface area (Å²) < 4.78 is 30.7. The van der Waals surface area contributed by atoms with Gasteiger partial charge in [-0.05, 0) is 24.3 Å². The number of nitrogens with zero attached hydrogens (tertiary/aromatic N) is 2. The van der Waals surface area contributed by atoms with Crippen LogP contribution < -0.4 is 15.6 Å². The highest BCUT2D eigenvalue weighted by atomic mass is 19.3. The third kappa shape index (κ3) is 2.96. The van der Waals surface area contributed by atoms with Gasteiger partial charge < -0.3 is 10.1 Å². The number of carbonyl (C=O) groups is 1. The molecule has 124 valence electrons. The SMILES string of the molecule is Cn1[nH]c(=O)cc1C(=O)Nc1ccc(OC(F)F)c2cccnc12. The molecule has 0 aliphatic carbocycles. The molecule has 0 radical (unpaired) electrons. The molecule has 2 N–H and O–H groups in total. The number of ether oxygens (including phenoxy) is 1. The summed E-state index contributed by atoms with van der Waals surface area (Å²) in [6, 6.07) is 7.01. The molecule has 3 aromatic rings. The van der Waals surface area contributed by atoms with Crippen molar-refractivity contribution < 1.29 is 18.3 Å². The molecule has 1 aromatic carbocycles. The zero-order valence-corrected chi connectivity index (χ0v) is 12.4. The van der Waals surface area contributed by atoms with Crippen molar-refractivity contribution in [2.24, 2.45) is 7.05 Å². The molecule has 0 aliphatic heterocycles. The first kappa shape index (κ1) is 15.7. The Balaban J connectivity index is 2.00. The number of carbonyl (C=O) groups excluding carboxylic acids is 1. The lowest BCUT2D eigenvalue weighted by molar-refractivity contribution is -0.0488. The summed E-state index contributed by atoms with van der Waals surface area (Å²) in [5.41, 5.74) is 0.318. The van der Waals surface area contributed by atoms with Crippen LogP contribution in [0.4, 0.5) is 14.5 Å². The number of hydrogen-bond acceptors (Lipinski definition) is 4. The van der Waals surface area contributed by atoms with E-state index >= 15 is 0 Å². The number of benzene rings is 1. The molecular weight excluding hydrogens is 322 g/mol. The molecule has 2 aromatic heterocycles. The Bertz CT molecular complexity index is 965. The number of nitrogens with one attached hydrogen (secondary N) is 2. The van der Waals surface area contributed by atoms with Gasteiger partial charge in [-0.15, -0.1) is 0 Å². The molecule has 0 spiro atoms. The fraction of sp³-hybridized carbons (Fsp3) is 0.133. The van der Waals surface area contributed by atoms with E-state index in [2.05, 4.69) is 20.1 Å². The predicted octanol–water partition coefficient (Wildman–Crippen LogP) is 2.12. The van der Waals surface area contributed by atoms with Gasteiger partial charge in [0.2, 0.25) is 0 Å². The summed E-state index contributed by atoms with van der Waals surface area (Å²) in [5.74, 6) is -0.578. The molecule has 24 heavy (non-hydrogen) atoms. The maximum Gasteiger partial charge on any atom is 0.387 e. The molecule has 1 amide bonds. The number of anilines is 1. The van der Waals surface area contributed by atoms with Crippen LogP contribution in [0, 0.1) is 0 Å². The van der Waals surface area contributed by atoms with Gasteiger partial charge in [-0.25, -0.2) is 0 Å². The lowest BCUT2D eigenvalue weighted by Gasteiger charge is -2.12. The summed E-state index contributed by atoms with van der Waals surface area (Å²) in [5, 5.41) is 5.37. The van der Waals surface area contributed by atoms with Crippen LogP contribution in [0.5, 0.6) is 5.75 Å². The normalized spacial score (nSPS) is 11.0. The summed E-state index contributed by atoms with van der Waals surface area (Å²) in [4.78, 5) is 27.7. The van der Waals surface area contributed by atoms with Crippen molar-refractivity contribution >= 4 is 22.5 Å². The zero-order valence-electron chi connectivity index (χ0n) is 12.4. The van der Waals surface area contributed by atoms with E-state index in [-0.39, 0.29) is 11.4 Å². The van der Waals surface area contributed by atoms with E-state index in [1.165, 1.54) is 30.1 Å². The first-order valence-corrected chi connectivity index (χ1v) is 6.85. The maximum absolute atomic E-state index is 12.5. The van der Waals surface area contributed by atoms with Gasteiger partial charge >= 0.3 is 6.61 Å². The molecule has 0 bridgehead atoms. The summed E-state index contributed by atoms with van der Waals surface area (Å²) in [6.45, 7) is -2.97. The largest absolute Gasteiger partial charge is 0.434 e. The number of halogens is 2. The van der Waals surface area contributed by atoms with Crippen molar-refractivity contribution in [2.45, 2.75) is 6.61 Å². The fourth-order valence-electron chi connectivity index (χ4n) is 2.33. The van der Waals surface area contributed by atoms with Gasteiger partial charge in [-0.1, -0.05) is 0 Å². The first-order chi connectivity index (χ1) is 11.5. The number of aryl methyl sites for hydroxylation is 1. The highest BCUT2D eigenvalue weighted by Gasteiger charge is 2.16. The van der Waals surface area contributed by atoms with E-state index in [4.69, 9.17) is 0 Å². The van der Waals surface area contributed by atoms with Crippen LogP contribution in [0.1, 0.15) is 10.5 Å². The van der Waals surface area contributed by atoms with Crippen LogP contribution in [-0.4, -0.2) is 27.3 Å². The van der Waals surface area contributed by atoms with Crippen LogP contribution in [-0.2, 0) is 7.05 Å². The van der Waals surface area contributed by atoms with E-state index in [0.29, 0.717) is 16.6 Å². The number of alkyl halides is 2. The predicted molar refractivity (Wildman–Crippen MR) is 82.4 cm³/mol. The number of aromatic nitrogens is 3. The highest BCUT2D eigenvalue weighted by molar-refractivity contribution is 6.08. The Labute approximate surface area is 133 Å². The van der Waals surface area contributed by atoms with E-state index in [0.717, 1.165) is 6.07 Å². The van der Waals surface area contributed by atoms with Crippen molar-refractivity contribution in [2.75, 3.05) is 5.32 Å². The fourth-order valence-corrected chi connectivity index (χ4v) is 2.33. The van der Waals surface area contributed by atoms with Crippen LogP contribution in [0.15, 0.2) is 41.3 Å². The lowest BCUT2D eigenvalue weighted by Crippen LogP contribution is -2.16. The van der Waals surface area contributed by atoms with Gasteiger partial charge in [0, 0.05) is 24.7 Å². The van der Waals surface area contributed by atoms with Crippen LogP contribution in [0.25, 0.3) is 10.9 Å². The van der Waals surface area contributed by atoms with Gasteiger partial charge in [0.05, 0.1) is 11.2 Å². The zero-order chi connectivity index (χ0) is 17.3. The Morgan fingerprint density at radius 1 is 1.38 bits per heavy atom. The Morgan fingerprint density at radius 3 is 2.83 bits per heavy atom. The molecule has 0 fully saturated rings. The molecule has 0 saturated heterocycles. The van der Waals surface area contributed by atoms with Crippen molar-refractivity contribution in [3.05, 3.63) is 52.6 Å². The van der Waals surface area contributed by atoms with Crippen LogP contribution in [0.3, 0.4) is 0 Å². The van der Waals surface area contributed by atoms with Gasteiger partial charge in [-0.3, -0.25) is 24.4 Å². The maximum atomic E-state index is 12.5. The minimum atomic E-state index is -2.97. The molecule has 9 heteroatoms. The standard InChI is InChI=1S/C15H12F2N4O3/c1-21-10(7-12(22)20-21)14(23)19-9-4-5-11(24-15(16)17)8-3-2-6-18-13(8)9/h2-7,15H,1H3,(H,19,23)(H,20,22). The lowest BCUT2D eigenvalue weighted by atomic mass is 10.1. The monoisotopic (exact) mass is 334 g/mol. The minimum absolute atomic E-state index is 0.0415. The Hall–Kier alpha value is -3.23. The van der Waals surface area contributed by atoms with E-state index in [1.807, 2.05) is 0 Å². The number of H-pyrrole nitrogens is 1. The van der Waals surface area contributed by atoms with Crippen LogP contribution in [0.2, 0.25) is 0 Å². The Kier molecular flexibility index (Phi) is 3.98. The van der Waals surface area contributed by atoms with E-state index < -0.39 is 18.1 Å². The molecule has 0 atom stereocenters. The first-order valence-electron chi connectivity index (χ1n) is 6.85. The number of fused-ring (bicyclic) bond motifs is 1. The van der Waals surface area contributed by atoms with Gasteiger partial charge in [0.15, 0.2) is 0 Å². The topological polar surface area (TPSA) is 89.0 Å². The van der Waals surface area contributed by atoms with E-state index in [1.54, 1.807) is 12.1 Å². The summed E-state index contributed by atoms with van der Waals surface area (Å²) in [6.07, 6.45) is 1.47. The average Bonchev–Trinajstić information content (AvgIpc) is 2.88. The minimum Gasteiger partial charge on any atom is -0.434 e. The molecule has 0 unspecified atom stereocenters. The quantitative estimate of drug-likeness (QED) is 0.765. The van der Waals surface area contributed by atoms with E-state index in [9.17, 15) is 18.4 Å². The van der Waals surface area contributed by atoms with Crippen LogP contribution >= 0.6 is 0 Å². The Morgan fingerprint density at radius 2 is 2.17 bits per heavy atom. The number of amides is 1. The second kappa shape index (κ2) is 6.11. The second-order valence-corrected chi connectivity index (χ2v) is 4.91. The molecule has 2 heterocycles. The molecule has 0 saturated carbocycles. The molecule has 0 aliphatic rings. The third-order valence-electron chi connectivity index (χ3n) is 3.33. The molecule has 3 rings (SSSR count). The number of aromatic amines is 1. The van der Waals surface area contributed by atoms with Gasteiger partial charge in [0.25, 0.3) is 11.5 Å². The van der Waals surface area contributed by atoms with Crippen molar-refractivity contribution in [3.63, 3.8) is 0 Å². The van der Waals surface area contributed by atoms with Crippen molar-refractivity contribution in [3.8, 4) is 5.75 Å². The smallest absolute Gasteiger partial charge is 0.387 e.